The molecule has 3 aliphatic carbocycles. The molecule has 17 nitrogen and oxygen atoms in total. The molecule has 4 N–H and O–H groups in total. The van der Waals surface area contributed by atoms with Gasteiger partial charge in [-0.15, -0.1) is 0 Å². The molecule has 6 atom stereocenters. The molecule has 0 radical (unpaired) electrons. The fourth-order valence-electron chi connectivity index (χ4n) is 11.6. The second kappa shape index (κ2) is 23.6. The Morgan fingerprint density at radius 3 is 2.32 bits per heavy atom. The van der Waals surface area contributed by atoms with Gasteiger partial charge >= 0.3 is 6.18 Å². The molecule has 0 spiro atoms. The number of hydrogen-bond acceptors (Lipinski definition) is 12. The van der Waals surface area contributed by atoms with Crippen molar-refractivity contribution in [1.29, 1.82) is 0 Å². The van der Waals surface area contributed by atoms with Crippen LogP contribution in [0.4, 0.5) is 19.0 Å². The average molecular weight is 1010 g/mol. The monoisotopic (exact) mass is 1000 g/mol. The number of anilines is 1. The van der Waals surface area contributed by atoms with E-state index in [1.807, 2.05) is 11.0 Å². The molecule has 4 heterocycles. The van der Waals surface area contributed by atoms with Gasteiger partial charge in [0.1, 0.15) is 18.2 Å². The fraction of sp³-hybridized carbons (Fsp3) is 0.654. The molecule has 1 aromatic carbocycles. The quantitative estimate of drug-likeness (QED) is 0.116. The normalized spacial score (nSPS) is 28.2. The number of nitrogens with zero attached hydrogens (tertiary/aromatic N) is 6. The molecule has 0 unspecified atom stereocenters. The second-order valence-corrected chi connectivity index (χ2v) is 20.7. The molecule has 5 aliphatic rings. The number of carbonyl (C=O) groups is 5. The molecule has 3 aromatic rings. The van der Waals surface area contributed by atoms with Crippen LogP contribution in [0.3, 0.4) is 0 Å². The summed E-state index contributed by atoms with van der Waals surface area (Å²) >= 11 is 0. The van der Waals surface area contributed by atoms with E-state index >= 15 is 0 Å². The Hall–Kier alpha value is -5.47. The summed E-state index contributed by atoms with van der Waals surface area (Å²) in [6.07, 6.45) is 9.11. The van der Waals surface area contributed by atoms with Gasteiger partial charge in [-0.05, 0) is 128 Å². The number of ether oxygens (including phenoxy) is 2. The van der Waals surface area contributed by atoms with Crippen molar-refractivity contribution < 1.29 is 46.6 Å². The van der Waals surface area contributed by atoms with Gasteiger partial charge in [0.05, 0.1) is 60.5 Å². The summed E-state index contributed by atoms with van der Waals surface area (Å²) in [5, 5.41) is 12.8. The first-order valence-electron chi connectivity index (χ1n) is 25.9. The minimum Gasteiger partial charge on any atom is -0.378 e. The van der Waals surface area contributed by atoms with Crippen LogP contribution in [0.25, 0.3) is 10.9 Å². The lowest BCUT2D eigenvalue weighted by Gasteiger charge is -2.45. The highest BCUT2D eigenvalue weighted by Gasteiger charge is 2.45. The largest absolute Gasteiger partial charge is 0.416 e. The van der Waals surface area contributed by atoms with Crippen LogP contribution in [-0.4, -0.2) is 148 Å². The van der Waals surface area contributed by atoms with Gasteiger partial charge in [0.25, 0.3) is 0 Å². The van der Waals surface area contributed by atoms with Crippen molar-refractivity contribution >= 4 is 46.3 Å². The number of aromatic nitrogens is 3. The van der Waals surface area contributed by atoms with E-state index in [9.17, 15) is 37.1 Å². The predicted octanol–water partition coefficient (Wildman–Crippen LogP) is 5.55. The summed E-state index contributed by atoms with van der Waals surface area (Å²) < 4.78 is 53.0. The van der Waals surface area contributed by atoms with E-state index in [0.717, 1.165) is 49.8 Å². The number of benzene rings is 1. The first-order valence-corrected chi connectivity index (χ1v) is 25.9. The number of alkyl halides is 3. The Labute approximate surface area is 419 Å². The van der Waals surface area contributed by atoms with E-state index in [4.69, 9.17) is 9.47 Å². The lowest BCUT2D eigenvalue weighted by Crippen LogP contribution is -2.59. The lowest BCUT2D eigenvalue weighted by atomic mass is 9.82. The molecule has 20 heteroatoms. The minimum atomic E-state index is -4.55. The number of carbonyl (C=O) groups excluding carboxylic acids is 5. The summed E-state index contributed by atoms with van der Waals surface area (Å²) in [6, 6.07) is 5.85. The van der Waals surface area contributed by atoms with Crippen LogP contribution in [0.5, 0.6) is 0 Å². The first-order chi connectivity index (χ1) is 34.5. The smallest absolute Gasteiger partial charge is 0.378 e. The van der Waals surface area contributed by atoms with Crippen molar-refractivity contribution in [2.45, 2.75) is 164 Å². The molecule has 2 aliphatic heterocycles. The number of hydrogen-bond donors (Lipinski definition) is 4. The predicted molar refractivity (Wildman–Crippen MR) is 262 cm³/mol. The summed E-state index contributed by atoms with van der Waals surface area (Å²) in [4.78, 5) is 85.0. The van der Waals surface area contributed by atoms with E-state index in [1.165, 1.54) is 12.4 Å². The van der Waals surface area contributed by atoms with Gasteiger partial charge in [-0.25, -0.2) is 9.97 Å². The topological polar surface area (TPSA) is 200 Å². The Morgan fingerprint density at radius 1 is 0.889 bits per heavy atom. The molecule has 5 fully saturated rings. The molecule has 0 bridgehead atoms. The number of amides is 5. The number of pyridine rings is 1. The Bertz CT molecular complexity index is 2360. The maximum absolute atomic E-state index is 14.1. The Kier molecular flexibility index (Phi) is 17.3. The van der Waals surface area contributed by atoms with Crippen LogP contribution in [0.1, 0.15) is 121 Å². The minimum absolute atomic E-state index is 0.0336. The van der Waals surface area contributed by atoms with E-state index < -0.39 is 23.7 Å². The van der Waals surface area contributed by atoms with E-state index in [1.54, 1.807) is 30.4 Å². The summed E-state index contributed by atoms with van der Waals surface area (Å²) in [5.41, 5.74) is 0.346. The van der Waals surface area contributed by atoms with Crippen LogP contribution in [0.15, 0.2) is 49.1 Å². The second-order valence-electron chi connectivity index (χ2n) is 20.7. The van der Waals surface area contributed by atoms with Gasteiger partial charge in [0.2, 0.25) is 29.5 Å². The number of fused-ring (bicyclic) bond motifs is 1. The molecule has 72 heavy (non-hydrogen) atoms. The summed E-state index contributed by atoms with van der Waals surface area (Å²) in [5.74, 6) is -1.08. The van der Waals surface area contributed by atoms with Crippen molar-refractivity contribution in [2.24, 2.45) is 11.8 Å². The number of halogens is 3. The first kappa shape index (κ1) is 52.8. The maximum Gasteiger partial charge on any atom is 0.416 e. The highest BCUT2D eigenvalue weighted by Crippen LogP contribution is 2.38. The highest BCUT2D eigenvalue weighted by molar-refractivity contribution is 5.93. The molecule has 392 valence electrons. The molecular formula is C52H71F3N10O7. The number of likely N-dealkylation sites (tertiary alicyclic amines) is 2. The third-order valence-electron chi connectivity index (χ3n) is 15.9. The zero-order valence-electron chi connectivity index (χ0n) is 41.9. The van der Waals surface area contributed by atoms with Crippen molar-refractivity contribution in [3.8, 4) is 0 Å². The highest BCUT2D eigenvalue weighted by atomic mass is 19.4. The third-order valence-corrected chi connectivity index (χ3v) is 15.9. The van der Waals surface area contributed by atoms with Crippen molar-refractivity contribution in [3.05, 3.63) is 60.2 Å². The van der Waals surface area contributed by atoms with Gasteiger partial charge in [0, 0.05) is 74.8 Å². The average Bonchev–Trinajstić information content (AvgIpc) is 3.88. The molecule has 8 rings (SSSR count). The van der Waals surface area contributed by atoms with Gasteiger partial charge in [0.15, 0.2) is 0 Å². The van der Waals surface area contributed by atoms with E-state index in [-0.39, 0.29) is 108 Å². The molecule has 3 saturated carbocycles. The van der Waals surface area contributed by atoms with Gasteiger partial charge in [-0.1, -0.05) is 6.07 Å². The Balaban J connectivity index is 0.737. The number of rotatable bonds is 18. The maximum atomic E-state index is 14.1. The van der Waals surface area contributed by atoms with Gasteiger partial charge in [-0.3, -0.25) is 29.0 Å². The van der Waals surface area contributed by atoms with Crippen LogP contribution < -0.4 is 21.3 Å². The Morgan fingerprint density at radius 2 is 1.62 bits per heavy atom. The zero-order chi connectivity index (χ0) is 51.1. The van der Waals surface area contributed by atoms with Crippen molar-refractivity contribution in [3.63, 3.8) is 0 Å². The van der Waals surface area contributed by atoms with Crippen molar-refractivity contribution in [1.82, 2.24) is 45.6 Å². The molecular weight excluding hydrogens is 934 g/mol. The van der Waals surface area contributed by atoms with Gasteiger partial charge in [-0.2, -0.15) is 13.2 Å². The zero-order valence-corrected chi connectivity index (χ0v) is 41.9. The van der Waals surface area contributed by atoms with Crippen LogP contribution in [-0.2, 0) is 39.6 Å². The van der Waals surface area contributed by atoms with Crippen LogP contribution in [0, 0.1) is 11.8 Å². The molecule has 5 amide bonds. The van der Waals surface area contributed by atoms with Gasteiger partial charge < -0.3 is 45.4 Å². The van der Waals surface area contributed by atoms with Crippen LogP contribution >= 0.6 is 0 Å². The summed E-state index contributed by atoms with van der Waals surface area (Å²) in [7, 11) is 3.81. The van der Waals surface area contributed by atoms with Crippen LogP contribution in [0.2, 0.25) is 0 Å². The summed E-state index contributed by atoms with van der Waals surface area (Å²) in [6.45, 7) is 5.75. The molecule has 2 saturated heterocycles. The fourth-order valence-corrected chi connectivity index (χ4v) is 11.6. The van der Waals surface area contributed by atoms with Crippen molar-refractivity contribution in [2.75, 3.05) is 45.7 Å². The number of nitrogens with one attached hydrogen (secondary N) is 4. The lowest BCUT2D eigenvalue weighted by molar-refractivity contribution is -0.137. The van der Waals surface area contributed by atoms with E-state index in [2.05, 4.69) is 62.0 Å². The third kappa shape index (κ3) is 12.8. The SMILES string of the molecule is CC(C)N(C)[C@@H]1CC[C@H](N2CC[C@H](Nc3ncnc4ccc(C(F)(F)F)cc34)C2=O)[C@H](NC(=O)C2CCC(NC(=O)CCOC3CCC(OCCNC(=O)[C@H]4CC(=O)N(C)[C@@H]4c4cccnc4)CC3)CC2)C1. The van der Waals surface area contributed by atoms with E-state index in [0.29, 0.717) is 76.8 Å². The molecule has 2 aromatic heterocycles. The standard InChI is InChI=1S/C52H71F3N10O7/c1-31(2)63(3)36-12-18-44(65-23-19-42(51(65)70)61-48-39-26-34(52(53,54)55)9-17-41(39)58-30-59-48)43(27-36)62-49(68)32-7-10-35(11-8-32)60-45(66)20-24-71-37-13-15-38(16-14-37)72-25-22-57-50(69)40-28-46(67)64(4)47(40)33-6-5-21-56-29-33/h5-6,9,17,21,26,29-32,35-38,40,42-44,47H,7-8,10-16,18-20,22-25,27-28H2,1-4H3,(H,57,69)(H,60,66)(H,62,68)(H,58,59,61)/t32?,35?,36-,37?,38?,40+,42+,43-,44+,47-/m1/s1.